The highest BCUT2D eigenvalue weighted by molar-refractivity contribution is 7.92. The SMILES string of the molecule is COc1ccc(C)cc1S(=O)(=O)Nc1ccnc(Cl)c1. The van der Waals surface area contributed by atoms with Crippen molar-refractivity contribution in [1.29, 1.82) is 0 Å². The van der Waals surface area contributed by atoms with E-state index in [1.807, 2.05) is 6.92 Å². The molecule has 106 valence electrons. The maximum absolute atomic E-state index is 12.4. The molecule has 0 spiro atoms. The molecule has 0 aliphatic rings. The number of ether oxygens (including phenoxy) is 1. The van der Waals surface area contributed by atoms with Gasteiger partial charge < -0.3 is 4.74 Å². The van der Waals surface area contributed by atoms with Gasteiger partial charge in [-0.25, -0.2) is 13.4 Å². The monoisotopic (exact) mass is 312 g/mol. The molecule has 7 heteroatoms. The predicted molar refractivity (Wildman–Crippen MR) is 77.8 cm³/mol. The van der Waals surface area contributed by atoms with Crippen LogP contribution in [-0.2, 0) is 10.0 Å². The summed E-state index contributed by atoms with van der Waals surface area (Å²) in [6.45, 7) is 1.81. The number of nitrogens with zero attached hydrogens (tertiary/aromatic N) is 1. The van der Waals surface area contributed by atoms with Crippen LogP contribution in [0.15, 0.2) is 41.4 Å². The first kappa shape index (κ1) is 14.6. The molecule has 1 N–H and O–H groups in total. The quantitative estimate of drug-likeness (QED) is 0.881. The summed E-state index contributed by atoms with van der Waals surface area (Å²) in [6, 6.07) is 7.89. The van der Waals surface area contributed by atoms with Crippen LogP contribution >= 0.6 is 11.6 Å². The normalized spacial score (nSPS) is 11.2. The summed E-state index contributed by atoms with van der Waals surface area (Å²) in [7, 11) is -2.33. The average Bonchev–Trinajstić information content (AvgIpc) is 2.38. The molecule has 2 aromatic rings. The van der Waals surface area contributed by atoms with Gasteiger partial charge in [-0.3, -0.25) is 4.72 Å². The van der Waals surface area contributed by atoms with Crippen molar-refractivity contribution >= 4 is 27.3 Å². The molecule has 1 aromatic carbocycles. The second kappa shape index (κ2) is 5.68. The van der Waals surface area contributed by atoms with Crippen molar-refractivity contribution in [1.82, 2.24) is 4.98 Å². The lowest BCUT2D eigenvalue weighted by Gasteiger charge is -2.12. The molecular formula is C13H13ClN2O3S. The fourth-order valence-electron chi connectivity index (χ4n) is 1.67. The number of pyridine rings is 1. The van der Waals surface area contributed by atoms with E-state index in [4.69, 9.17) is 16.3 Å². The topological polar surface area (TPSA) is 68.3 Å². The summed E-state index contributed by atoms with van der Waals surface area (Å²) in [6.07, 6.45) is 1.42. The van der Waals surface area contributed by atoms with Gasteiger partial charge >= 0.3 is 0 Å². The van der Waals surface area contributed by atoms with E-state index >= 15 is 0 Å². The van der Waals surface area contributed by atoms with Crippen molar-refractivity contribution in [3.8, 4) is 5.75 Å². The number of hydrogen-bond donors (Lipinski definition) is 1. The highest BCUT2D eigenvalue weighted by Crippen LogP contribution is 2.27. The van der Waals surface area contributed by atoms with Gasteiger partial charge in [0.2, 0.25) is 0 Å². The fraction of sp³-hybridized carbons (Fsp3) is 0.154. The highest BCUT2D eigenvalue weighted by atomic mass is 35.5. The number of halogens is 1. The second-order valence-corrected chi connectivity index (χ2v) is 6.17. The minimum absolute atomic E-state index is 0.0768. The van der Waals surface area contributed by atoms with Crippen molar-refractivity contribution in [2.75, 3.05) is 11.8 Å². The van der Waals surface area contributed by atoms with Crippen molar-refractivity contribution in [2.24, 2.45) is 0 Å². The zero-order valence-electron chi connectivity index (χ0n) is 10.9. The molecule has 5 nitrogen and oxygen atoms in total. The first-order valence-corrected chi connectivity index (χ1v) is 7.57. The van der Waals surface area contributed by atoms with Crippen molar-refractivity contribution in [2.45, 2.75) is 11.8 Å². The molecule has 0 aliphatic carbocycles. The van der Waals surface area contributed by atoms with E-state index in [9.17, 15) is 8.42 Å². The molecule has 2 rings (SSSR count). The lowest BCUT2D eigenvalue weighted by molar-refractivity contribution is 0.402. The minimum atomic E-state index is -3.76. The Kier molecular flexibility index (Phi) is 4.15. The molecule has 0 saturated heterocycles. The third kappa shape index (κ3) is 3.20. The van der Waals surface area contributed by atoms with Crippen LogP contribution in [0.3, 0.4) is 0 Å². The number of benzene rings is 1. The first-order valence-electron chi connectivity index (χ1n) is 5.71. The van der Waals surface area contributed by atoms with E-state index in [1.54, 1.807) is 18.2 Å². The van der Waals surface area contributed by atoms with Crippen molar-refractivity contribution < 1.29 is 13.2 Å². The Balaban J connectivity index is 2.43. The van der Waals surface area contributed by atoms with Gasteiger partial charge in [0.25, 0.3) is 10.0 Å². The minimum Gasteiger partial charge on any atom is -0.495 e. The molecule has 20 heavy (non-hydrogen) atoms. The zero-order chi connectivity index (χ0) is 14.8. The number of hydrogen-bond acceptors (Lipinski definition) is 4. The Morgan fingerprint density at radius 3 is 2.65 bits per heavy atom. The Labute approximate surface area is 122 Å². The van der Waals surface area contributed by atoms with E-state index < -0.39 is 10.0 Å². The lowest BCUT2D eigenvalue weighted by Crippen LogP contribution is -2.14. The molecule has 0 amide bonds. The number of nitrogens with one attached hydrogen (secondary N) is 1. The summed E-state index contributed by atoms with van der Waals surface area (Å²) >= 11 is 5.73. The smallest absolute Gasteiger partial charge is 0.265 e. The standard InChI is InChI=1S/C13H13ClN2O3S/c1-9-3-4-11(19-2)12(7-9)20(17,18)16-10-5-6-15-13(14)8-10/h3-8H,1-2H3,(H,15,16). The van der Waals surface area contributed by atoms with E-state index in [1.165, 1.54) is 25.4 Å². The summed E-state index contributed by atoms with van der Waals surface area (Å²) in [5, 5.41) is 0.210. The molecule has 0 atom stereocenters. The average molecular weight is 313 g/mol. The van der Waals surface area contributed by atoms with Crippen LogP contribution in [0.4, 0.5) is 5.69 Å². The van der Waals surface area contributed by atoms with Gasteiger partial charge in [-0.1, -0.05) is 17.7 Å². The Morgan fingerprint density at radius 2 is 2.00 bits per heavy atom. The van der Waals surface area contributed by atoms with E-state index in [0.717, 1.165) is 5.56 Å². The Hall–Kier alpha value is -1.79. The van der Waals surface area contributed by atoms with Gasteiger partial charge in [0.15, 0.2) is 0 Å². The summed E-state index contributed by atoms with van der Waals surface area (Å²) in [5.41, 5.74) is 1.16. The molecule has 0 bridgehead atoms. The predicted octanol–water partition coefficient (Wildman–Crippen LogP) is 2.85. The van der Waals surface area contributed by atoms with Crippen LogP contribution in [0.1, 0.15) is 5.56 Å². The van der Waals surface area contributed by atoms with Crippen LogP contribution in [0.5, 0.6) is 5.75 Å². The zero-order valence-corrected chi connectivity index (χ0v) is 12.5. The van der Waals surface area contributed by atoms with Crippen molar-refractivity contribution in [3.63, 3.8) is 0 Å². The van der Waals surface area contributed by atoms with Gasteiger partial charge in [-0.2, -0.15) is 0 Å². The Bertz CT molecular complexity index is 732. The van der Waals surface area contributed by atoms with E-state index in [2.05, 4.69) is 9.71 Å². The molecule has 0 saturated carbocycles. The number of methoxy groups -OCH3 is 1. The Morgan fingerprint density at radius 1 is 1.25 bits per heavy atom. The van der Waals surface area contributed by atoms with Crippen LogP contribution < -0.4 is 9.46 Å². The van der Waals surface area contributed by atoms with E-state index in [-0.39, 0.29) is 15.8 Å². The molecule has 1 heterocycles. The highest BCUT2D eigenvalue weighted by Gasteiger charge is 2.20. The number of sulfonamides is 1. The number of anilines is 1. The molecular weight excluding hydrogens is 300 g/mol. The van der Waals surface area contributed by atoms with Gasteiger partial charge in [0.05, 0.1) is 12.8 Å². The number of aryl methyl sites for hydroxylation is 1. The van der Waals surface area contributed by atoms with Gasteiger partial charge in [-0.15, -0.1) is 0 Å². The van der Waals surface area contributed by atoms with Crippen LogP contribution in [0.2, 0.25) is 5.15 Å². The second-order valence-electron chi connectivity index (χ2n) is 4.13. The summed E-state index contributed by atoms with van der Waals surface area (Å²) < 4.78 is 32.3. The fourth-order valence-corrected chi connectivity index (χ4v) is 3.15. The molecule has 0 fully saturated rings. The van der Waals surface area contributed by atoms with Crippen LogP contribution in [-0.4, -0.2) is 20.5 Å². The summed E-state index contributed by atoms with van der Waals surface area (Å²) in [4.78, 5) is 3.87. The molecule has 0 aliphatic heterocycles. The summed E-state index contributed by atoms with van der Waals surface area (Å²) in [5.74, 6) is 0.281. The maximum atomic E-state index is 12.4. The molecule has 1 aromatic heterocycles. The number of rotatable bonds is 4. The molecule has 0 radical (unpaired) electrons. The van der Waals surface area contributed by atoms with Crippen LogP contribution in [0.25, 0.3) is 0 Å². The maximum Gasteiger partial charge on any atom is 0.265 e. The van der Waals surface area contributed by atoms with Crippen molar-refractivity contribution in [3.05, 3.63) is 47.2 Å². The van der Waals surface area contributed by atoms with E-state index in [0.29, 0.717) is 5.69 Å². The lowest BCUT2D eigenvalue weighted by atomic mass is 10.2. The first-order chi connectivity index (χ1) is 9.42. The third-order valence-corrected chi connectivity index (χ3v) is 4.20. The van der Waals surface area contributed by atoms with Crippen LogP contribution in [0, 0.1) is 6.92 Å². The third-order valence-electron chi connectivity index (χ3n) is 2.59. The van der Waals surface area contributed by atoms with Gasteiger partial charge in [0.1, 0.15) is 15.8 Å². The number of aromatic nitrogens is 1. The van der Waals surface area contributed by atoms with Gasteiger partial charge in [-0.05, 0) is 36.8 Å². The largest absolute Gasteiger partial charge is 0.495 e. The van der Waals surface area contributed by atoms with Gasteiger partial charge in [0, 0.05) is 6.20 Å². The molecule has 0 unspecified atom stereocenters.